The third-order valence-corrected chi connectivity index (χ3v) is 3.54. The van der Waals surface area contributed by atoms with Crippen molar-refractivity contribution in [3.8, 4) is 0 Å². The quantitative estimate of drug-likeness (QED) is 0.823. The molecule has 2 fully saturated rings. The van der Waals surface area contributed by atoms with Gasteiger partial charge in [-0.05, 0) is 25.7 Å². The number of aromatic amines is 1. The predicted octanol–water partition coefficient (Wildman–Crippen LogP) is 0.701. The molecule has 0 aromatic carbocycles. The smallest absolute Gasteiger partial charge is 0.326 e. The van der Waals surface area contributed by atoms with Crippen LogP contribution in [-0.2, 0) is 4.79 Å². The molecule has 1 unspecified atom stereocenters. The van der Waals surface area contributed by atoms with Gasteiger partial charge in [-0.15, -0.1) is 0 Å². The molecule has 1 aromatic rings. The number of rotatable bonds is 3. The van der Waals surface area contributed by atoms with Crippen LogP contribution in [-0.4, -0.2) is 33.6 Å². The summed E-state index contributed by atoms with van der Waals surface area (Å²) in [6.45, 7) is 0.650. The van der Waals surface area contributed by atoms with E-state index >= 15 is 0 Å². The molecule has 6 heteroatoms. The van der Waals surface area contributed by atoms with E-state index in [1.54, 1.807) is 4.90 Å². The average molecular weight is 249 g/mol. The van der Waals surface area contributed by atoms with Gasteiger partial charge in [-0.2, -0.15) is 0 Å². The van der Waals surface area contributed by atoms with Crippen LogP contribution in [0.1, 0.15) is 37.4 Å². The van der Waals surface area contributed by atoms with Crippen LogP contribution in [0.25, 0.3) is 0 Å². The van der Waals surface area contributed by atoms with Gasteiger partial charge < -0.3 is 15.0 Å². The molecule has 0 amide bonds. The molecular weight excluding hydrogens is 234 g/mol. The first kappa shape index (κ1) is 11.3. The van der Waals surface area contributed by atoms with Crippen molar-refractivity contribution in [3.63, 3.8) is 0 Å². The molecular formula is C12H15N3O3. The zero-order valence-corrected chi connectivity index (χ0v) is 9.93. The third kappa shape index (κ3) is 1.98. The van der Waals surface area contributed by atoms with Crippen LogP contribution < -0.4 is 10.5 Å². The van der Waals surface area contributed by atoms with Crippen molar-refractivity contribution in [1.29, 1.82) is 0 Å². The van der Waals surface area contributed by atoms with Gasteiger partial charge in [-0.3, -0.25) is 4.79 Å². The van der Waals surface area contributed by atoms with Gasteiger partial charge in [-0.25, -0.2) is 9.78 Å². The fraction of sp³-hybridized carbons (Fsp3) is 0.583. The first-order valence-corrected chi connectivity index (χ1v) is 6.26. The summed E-state index contributed by atoms with van der Waals surface area (Å²) in [5.74, 6) is 0.713. The standard InChI is InChI=1S/C12H15N3O3/c16-10-6-9(13-11(14-10)7-3-4-7)15-5-1-2-8(15)12(17)18/h6-8H,1-5H2,(H,17,18)(H,13,14,16). The minimum absolute atomic E-state index is 0.196. The lowest BCUT2D eigenvalue weighted by molar-refractivity contribution is -0.138. The molecule has 96 valence electrons. The van der Waals surface area contributed by atoms with Crippen molar-refractivity contribution in [2.75, 3.05) is 11.4 Å². The first-order valence-electron chi connectivity index (χ1n) is 6.26. The fourth-order valence-electron chi connectivity index (χ4n) is 2.46. The van der Waals surface area contributed by atoms with E-state index in [0.717, 1.165) is 19.3 Å². The Kier molecular flexibility index (Phi) is 2.57. The van der Waals surface area contributed by atoms with Crippen LogP contribution >= 0.6 is 0 Å². The molecule has 2 heterocycles. The Morgan fingerprint density at radius 2 is 2.22 bits per heavy atom. The van der Waals surface area contributed by atoms with Crippen LogP contribution in [0.4, 0.5) is 5.82 Å². The zero-order valence-electron chi connectivity index (χ0n) is 9.93. The number of aromatic nitrogens is 2. The van der Waals surface area contributed by atoms with Gasteiger partial charge in [0.25, 0.3) is 5.56 Å². The van der Waals surface area contributed by atoms with Crippen LogP contribution in [0.15, 0.2) is 10.9 Å². The topological polar surface area (TPSA) is 86.3 Å². The molecule has 1 aromatic heterocycles. The maximum absolute atomic E-state index is 11.6. The van der Waals surface area contributed by atoms with E-state index in [1.807, 2.05) is 0 Å². The number of H-pyrrole nitrogens is 1. The second kappa shape index (κ2) is 4.12. The molecule has 0 bridgehead atoms. The molecule has 1 aliphatic carbocycles. The first-order chi connectivity index (χ1) is 8.65. The highest BCUT2D eigenvalue weighted by molar-refractivity contribution is 5.78. The van der Waals surface area contributed by atoms with Crippen molar-refractivity contribution in [2.45, 2.75) is 37.6 Å². The van der Waals surface area contributed by atoms with Crippen molar-refractivity contribution in [2.24, 2.45) is 0 Å². The van der Waals surface area contributed by atoms with Crippen LogP contribution in [0.3, 0.4) is 0 Å². The van der Waals surface area contributed by atoms with E-state index in [9.17, 15) is 9.59 Å². The summed E-state index contributed by atoms with van der Waals surface area (Å²) in [6.07, 6.45) is 3.54. The number of aliphatic carboxylic acids is 1. The molecule has 1 saturated heterocycles. The molecule has 18 heavy (non-hydrogen) atoms. The lowest BCUT2D eigenvalue weighted by Gasteiger charge is -2.22. The Bertz CT molecular complexity index is 536. The second-order valence-electron chi connectivity index (χ2n) is 4.95. The number of carboxylic acid groups (broad SMARTS) is 1. The summed E-state index contributed by atoms with van der Waals surface area (Å²) in [5.41, 5.74) is -0.196. The minimum atomic E-state index is -0.845. The number of nitrogens with zero attached hydrogens (tertiary/aromatic N) is 2. The minimum Gasteiger partial charge on any atom is -0.480 e. The summed E-state index contributed by atoms with van der Waals surface area (Å²) >= 11 is 0. The van der Waals surface area contributed by atoms with E-state index in [-0.39, 0.29) is 5.56 Å². The maximum Gasteiger partial charge on any atom is 0.326 e. The molecule has 2 aliphatic rings. The van der Waals surface area contributed by atoms with E-state index < -0.39 is 12.0 Å². The summed E-state index contributed by atoms with van der Waals surface area (Å²) in [4.78, 5) is 31.6. The Morgan fingerprint density at radius 1 is 1.44 bits per heavy atom. The van der Waals surface area contributed by atoms with Gasteiger partial charge in [0.15, 0.2) is 0 Å². The number of carbonyl (C=O) groups is 1. The Balaban J connectivity index is 1.95. The Morgan fingerprint density at radius 3 is 2.89 bits per heavy atom. The van der Waals surface area contributed by atoms with E-state index in [1.165, 1.54) is 6.07 Å². The van der Waals surface area contributed by atoms with Crippen LogP contribution in [0, 0.1) is 0 Å². The highest BCUT2D eigenvalue weighted by Crippen LogP contribution is 2.38. The molecule has 1 saturated carbocycles. The Hall–Kier alpha value is -1.85. The van der Waals surface area contributed by atoms with E-state index in [4.69, 9.17) is 5.11 Å². The average Bonchev–Trinajstić information content (AvgIpc) is 3.05. The number of hydrogen-bond acceptors (Lipinski definition) is 4. The van der Waals surface area contributed by atoms with Crippen molar-refractivity contribution >= 4 is 11.8 Å². The molecule has 3 rings (SSSR count). The summed E-state index contributed by atoms with van der Waals surface area (Å²) < 4.78 is 0. The molecule has 1 aliphatic heterocycles. The van der Waals surface area contributed by atoms with Crippen molar-refractivity contribution < 1.29 is 9.90 Å². The highest BCUT2D eigenvalue weighted by atomic mass is 16.4. The fourth-order valence-corrected chi connectivity index (χ4v) is 2.46. The van der Waals surface area contributed by atoms with Gasteiger partial charge in [0, 0.05) is 18.5 Å². The second-order valence-corrected chi connectivity index (χ2v) is 4.95. The third-order valence-electron chi connectivity index (χ3n) is 3.54. The van der Waals surface area contributed by atoms with Gasteiger partial charge in [0.05, 0.1) is 0 Å². The summed E-state index contributed by atoms with van der Waals surface area (Å²) in [7, 11) is 0. The zero-order chi connectivity index (χ0) is 12.7. The largest absolute Gasteiger partial charge is 0.480 e. The van der Waals surface area contributed by atoms with Gasteiger partial charge >= 0.3 is 5.97 Å². The lowest BCUT2D eigenvalue weighted by Crippen LogP contribution is -2.37. The lowest BCUT2D eigenvalue weighted by atomic mass is 10.2. The number of anilines is 1. The Labute approximate surface area is 104 Å². The maximum atomic E-state index is 11.6. The summed E-state index contributed by atoms with van der Waals surface area (Å²) in [6, 6.07) is 0.846. The molecule has 0 radical (unpaired) electrons. The van der Waals surface area contributed by atoms with Crippen molar-refractivity contribution in [1.82, 2.24) is 9.97 Å². The number of carboxylic acids is 1. The predicted molar refractivity (Wildman–Crippen MR) is 64.8 cm³/mol. The highest BCUT2D eigenvalue weighted by Gasteiger charge is 2.33. The molecule has 0 spiro atoms. The SMILES string of the molecule is O=C(O)C1CCCN1c1cc(=O)[nH]c(C2CC2)n1. The molecule has 2 N–H and O–H groups in total. The van der Waals surface area contributed by atoms with E-state index in [2.05, 4.69) is 9.97 Å². The monoisotopic (exact) mass is 249 g/mol. The normalized spacial score (nSPS) is 23.3. The van der Waals surface area contributed by atoms with Crippen LogP contribution in [0.5, 0.6) is 0 Å². The van der Waals surface area contributed by atoms with Crippen molar-refractivity contribution in [3.05, 3.63) is 22.2 Å². The van der Waals surface area contributed by atoms with Gasteiger partial charge in [0.2, 0.25) is 0 Å². The number of hydrogen-bond donors (Lipinski definition) is 2. The molecule has 6 nitrogen and oxygen atoms in total. The van der Waals surface area contributed by atoms with E-state index in [0.29, 0.717) is 30.5 Å². The number of nitrogens with one attached hydrogen (secondary N) is 1. The van der Waals surface area contributed by atoms with Gasteiger partial charge in [-0.1, -0.05) is 0 Å². The summed E-state index contributed by atoms with van der Waals surface area (Å²) in [5, 5.41) is 9.15. The van der Waals surface area contributed by atoms with Crippen LogP contribution in [0.2, 0.25) is 0 Å². The molecule has 1 atom stereocenters. The van der Waals surface area contributed by atoms with Gasteiger partial charge in [0.1, 0.15) is 17.7 Å².